The molecule has 0 aliphatic carbocycles. The van der Waals surface area contributed by atoms with Crippen molar-refractivity contribution >= 4 is 27.9 Å². The fraction of sp³-hybridized carbons (Fsp3) is 0.667. The Bertz CT molecular complexity index is 525. The van der Waals surface area contributed by atoms with Gasteiger partial charge in [0.15, 0.2) is 5.75 Å². The van der Waals surface area contributed by atoms with Crippen molar-refractivity contribution in [1.29, 1.82) is 0 Å². The van der Waals surface area contributed by atoms with Crippen LogP contribution in [0, 0.1) is 5.41 Å². The van der Waals surface area contributed by atoms with Crippen LogP contribution >= 0.6 is 11.3 Å². The quantitative estimate of drug-likeness (QED) is 0.897. The molecule has 2 rings (SSSR count). The molecular formula is C15H25N3O2S. The van der Waals surface area contributed by atoms with E-state index in [0.717, 1.165) is 24.5 Å². The zero-order valence-electron chi connectivity index (χ0n) is 13.3. The molecule has 0 aromatic carbocycles. The molecule has 0 radical (unpaired) electrons. The molecule has 0 saturated carbocycles. The molecule has 5 nitrogen and oxygen atoms in total. The Morgan fingerprint density at radius 1 is 1.52 bits per heavy atom. The molecule has 1 amide bonds. The number of nitrogens with two attached hydrogens (primary N) is 1. The predicted octanol–water partition coefficient (Wildman–Crippen LogP) is 2.72. The highest BCUT2D eigenvalue weighted by molar-refractivity contribution is 7.19. The number of methoxy groups -OCH3 is 1. The molecule has 1 saturated heterocycles. The number of nitrogens with one attached hydrogen (secondary N) is 1. The van der Waals surface area contributed by atoms with Gasteiger partial charge in [0.05, 0.1) is 7.11 Å². The summed E-state index contributed by atoms with van der Waals surface area (Å²) in [6.45, 7) is 8.96. The van der Waals surface area contributed by atoms with E-state index in [1.807, 2.05) is 6.92 Å². The second-order valence-corrected chi connectivity index (χ2v) is 7.23. The third-order valence-electron chi connectivity index (χ3n) is 3.82. The van der Waals surface area contributed by atoms with Gasteiger partial charge in [0, 0.05) is 19.6 Å². The van der Waals surface area contributed by atoms with E-state index >= 15 is 0 Å². The highest BCUT2D eigenvalue weighted by Gasteiger charge is 2.31. The van der Waals surface area contributed by atoms with Gasteiger partial charge in [-0.15, -0.1) is 11.3 Å². The van der Waals surface area contributed by atoms with Gasteiger partial charge in [0.1, 0.15) is 15.6 Å². The van der Waals surface area contributed by atoms with Crippen molar-refractivity contribution in [3.63, 3.8) is 0 Å². The number of anilines is 2. The zero-order valence-corrected chi connectivity index (χ0v) is 14.1. The predicted molar refractivity (Wildman–Crippen MR) is 88.5 cm³/mol. The number of amides is 1. The molecule has 2 heterocycles. The summed E-state index contributed by atoms with van der Waals surface area (Å²) >= 11 is 1.43. The summed E-state index contributed by atoms with van der Waals surface area (Å²) in [7, 11) is 1.61. The van der Waals surface area contributed by atoms with Gasteiger partial charge < -0.3 is 20.7 Å². The summed E-state index contributed by atoms with van der Waals surface area (Å²) in [6, 6.07) is 0. The monoisotopic (exact) mass is 311 g/mol. The van der Waals surface area contributed by atoms with Gasteiger partial charge >= 0.3 is 0 Å². The molecule has 6 heteroatoms. The van der Waals surface area contributed by atoms with E-state index in [1.165, 1.54) is 17.8 Å². The molecule has 0 spiro atoms. The van der Waals surface area contributed by atoms with Crippen LogP contribution in [0.25, 0.3) is 0 Å². The molecule has 0 unspecified atom stereocenters. The lowest BCUT2D eigenvalue weighted by atomic mass is 9.84. The smallest absolute Gasteiger partial charge is 0.263 e. The van der Waals surface area contributed by atoms with Crippen molar-refractivity contribution in [2.24, 2.45) is 5.41 Å². The van der Waals surface area contributed by atoms with Crippen LogP contribution < -0.4 is 20.7 Å². The molecule has 1 aromatic rings. The van der Waals surface area contributed by atoms with Gasteiger partial charge in [0.2, 0.25) is 0 Å². The summed E-state index contributed by atoms with van der Waals surface area (Å²) in [4.78, 5) is 14.9. The summed E-state index contributed by atoms with van der Waals surface area (Å²) in [5, 5.41) is 3.78. The van der Waals surface area contributed by atoms with Crippen molar-refractivity contribution in [1.82, 2.24) is 5.32 Å². The van der Waals surface area contributed by atoms with Crippen LogP contribution in [0.4, 0.5) is 10.7 Å². The van der Waals surface area contributed by atoms with Crippen LogP contribution in [0.2, 0.25) is 0 Å². The van der Waals surface area contributed by atoms with Crippen LogP contribution in [-0.4, -0.2) is 32.7 Å². The van der Waals surface area contributed by atoms with Crippen molar-refractivity contribution in [2.75, 3.05) is 37.4 Å². The van der Waals surface area contributed by atoms with E-state index in [4.69, 9.17) is 10.5 Å². The van der Waals surface area contributed by atoms with Gasteiger partial charge in [-0.05, 0) is 25.2 Å². The number of hydrogen-bond donors (Lipinski definition) is 2. The van der Waals surface area contributed by atoms with Crippen molar-refractivity contribution in [3.8, 4) is 5.75 Å². The maximum atomic E-state index is 12.1. The van der Waals surface area contributed by atoms with Gasteiger partial charge in [-0.3, -0.25) is 4.79 Å². The molecule has 3 N–H and O–H groups in total. The fourth-order valence-electron chi connectivity index (χ4n) is 2.83. The lowest BCUT2D eigenvalue weighted by molar-refractivity contribution is 0.0960. The first-order valence-corrected chi connectivity index (χ1v) is 8.20. The SMILES string of the molecule is CCNC(=O)c1sc(N2CCCC(C)(C)C2)c(OC)c1N. The Hall–Kier alpha value is -1.43. The van der Waals surface area contributed by atoms with Crippen LogP contribution in [0.1, 0.15) is 43.3 Å². The van der Waals surface area contributed by atoms with Crippen LogP contribution in [0.3, 0.4) is 0 Å². The minimum atomic E-state index is -0.124. The van der Waals surface area contributed by atoms with Crippen molar-refractivity contribution in [3.05, 3.63) is 4.88 Å². The fourth-order valence-corrected chi connectivity index (χ4v) is 3.96. The second-order valence-electron chi connectivity index (χ2n) is 6.23. The topological polar surface area (TPSA) is 67.6 Å². The molecule has 118 valence electrons. The molecule has 1 aromatic heterocycles. The van der Waals surface area contributed by atoms with Gasteiger partial charge in [-0.2, -0.15) is 0 Å². The van der Waals surface area contributed by atoms with Crippen molar-refractivity contribution < 1.29 is 9.53 Å². The molecule has 1 aliphatic heterocycles. The van der Waals surface area contributed by atoms with Gasteiger partial charge in [-0.1, -0.05) is 13.8 Å². The zero-order chi connectivity index (χ0) is 15.6. The number of nitrogens with zero attached hydrogens (tertiary/aromatic N) is 1. The minimum Gasteiger partial charge on any atom is -0.492 e. The normalized spacial score (nSPS) is 17.6. The summed E-state index contributed by atoms with van der Waals surface area (Å²) < 4.78 is 5.47. The first-order valence-electron chi connectivity index (χ1n) is 7.39. The number of thiophene rings is 1. The maximum absolute atomic E-state index is 12.1. The van der Waals surface area contributed by atoms with E-state index in [2.05, 4.69) is 24.1 Å². The maximum Gasteiger partial charge on any atom is 0.263 e. The third kappa shape index (κ3) is 3.26. The Morgan fingerprint density at radius 3 is 2.81 bits per heavy atom. The molecular weight excluding hydrogens is 286 g/mol. The van der Waals surface area contributed by atoms with E-state index in [0.29, 0.717) is 22.9 Å². The third-order valence-corrected chi connectivity index (χ3v) is 5.06. The van der Waals surface area contributed by atoms with Crippen LogP contribution in [0.5, 0.6) is 5.75 Å². The van der Waals surface area contributed by atoms with Crippen LogP contribution in [0.15, 0.2) is 0 Å². The lowest BCUT2D eigenvalue weighted by Gasteiger charge is -2.38. The average molecular weight is 311 g/mol. The Morgan fingerprint density at radius 2 is 2.24 bits per heavy atom. The van der Waals surface area contributed by atoms with E-state index in [-0.39, 0.29) is 11.3 Å². The van der Waals surface area contributed by atoms with E-state index < -0.39 is 0 Å². The van der Waals surface area contributed by atoms with E-state index in [9.17, 15) is 4.79 Å². The Labute approximate surface area is 130 Å². The first kappa shape index (κ1) is 15.9. The largest absolute Gasteiger partial charge is 0.492 e. The average Bonchev–Trinajstić information content (AvgIpc) is 2.75. The number of nitrogen functional groups attached to an aromatic ring is 1. The lowest BCUT2D eigenvalue weighted by Crippen LogP contribution is -2.39. The highest BCUT2D eigenvalue weighted by atomic mass is 32.1. The number of piperidine rings is 1. The Balaban J connectivity index is 2.35. The standard InChI is InChI=1S/C15H25N3O2S/c1-5-17-13(19)12-10(16)11(20-4)14(21-12)18-8-6-7-15(2,3)9-18/h5-9,16H2,1-4H3,(H,17,19). The van der Waals surface area contributed by atoms with Crippen molar-refractivity contribution in [2.45, 2.75) is 33.6 Å². The number of ether oxygens (including phenoxy) is 1. The molecule has 0 atom stereocenters. The molecule has 1 fully saturated rings. The second kappa shape index (κ2) is 6.13. The first-order chi connectivity index (χ1) is 9.89. The van der Waals surface area contributed by atoms with E-state index in [1.54, 1.807) is 7.11 Å². The molecule has 0 bridgehead atoms. The molecule has 1 aliphatic rings. The number of carbonyl (C=O) groups excluding carboxylic acids is 1. The summed E-state index contributed by atoms with van der Waals surface area (Å²) in [6.07, 6.45) is 2.36. The number of hydrogen-bond acceptors (Lipinski definition) is 5. The summed E-state index contributed by atoms with van der Waals surface area (Å²) in [5.41, 5.74) is 6.84. The minimum absolute atomic E-state index is 0.124. The number of carbonyl (C=O) groups is 1. The van der Waals surface area contributed by atoms with Gasteiger partial charge in [0.25, 0.3) is 5.91 Å². The molecule has 21 heavy (non-hydrogen) atoms. The van der Waals surface area contributed by atoms with Gasteiger partial charge in [-0.25, -0.2) is 0 Å². The van der Waals surface area contributed by atoms with Crippen LogP contribution in [-0.2, 0) is 0 Å². The number of rotatable bonds is 4. The Kier molecular flexibility index (Phi) is 4.66. The highest BCUT2D eigenvalue weighted by Crippen LogP contribution is 2.46. The summed E-state index contributed by atoms with van der Waals surface area (Å²) in [5.74, 6) is 0.514.